The van der Waals surface area contributed by atoms with Crippen molar-refractivity contribution in [3.05, 3.63) is 71.7 Å². The van der Waals surface area contributed by atoms with Crippen LogP contribution >= 0.6 is 0 Å². The summed E-state index contributed by atoms with van der Waals surface area (Å²) in [7, 11) is -1.83. The molecule has 2 N–H and O–H groups in total. The van der Waals surface area contributed by atoms with Gasteiger partial charge < -0.3 is 4.90 Å². The number of aromatic amines is 1. The number of amides is 1. The summed E-state index contributed by atoms with van der Waals surface area (Å²) < 4.78 is 39.5. The monoisotopic (exact) mass is 444 g/mol. The molecular formula is C22H25FN4O3S. The average Bonchev–Trinajstić information content (AvgIpc) is 3.22. The second-order valence-electron chi connectivity index (χ2n) is 7.14. The topological polar surface area (TPSA) is 95.2 Å². The van der Waals surface area contributed by atoms with Crippen molar-refractivity contribution in [3.8, 4) is 11.3 Å². The average molecular weight is 445 g/mol. The number of carbonyl (C=O) groups is 1. The molecule has 1 aromatic heterocycles. The smallest absolute Gasteiger partial charge is 0.253 e. The molecule has 3 rings (SSSR count). The van der Waals surface area contributed by atoms with E-state index in [-0.39, 0.29) is 16.6 Å². The lowest BCUT2D eigenvalue weighted by Gasteiger charge is -2.17. The van der Waals surface area contributed by atoms with Crippen LogP contribution < -0.4 is 4.72 Å². The van der Waals surface area contributed by atoms with Crippen LogP contribution in [0.3, 0.4) is 0 Å². The first-order valence-corrected chi connectivity index (χ1v) is 11.4. The van der Waals surface area contributed by atoms with Crippen molar-refractivity contribution in [2.24, 2.45) is 0 Å². The Morgan fingerprint density at radius 1 is 1.13 bits per heavy atom. The van der Waals surface area contributed by atoms with E-state index in [1.54, 1.807) is 31.0 Å². The Morgan fingerprint density at radius 3 is 2.45 bits per heavy atom. The molecule has 0 saturated heterocycles. The van der Waals surface area contributed by atoms with E-state index in [9.17, 15) is 17.6 Å². The second kappa shape index (κ2) is 9.84. The highest BCUT2D eigenvalue weighted by atomic mass is 32.2. The van der Waals surface area contributed by atoms with E-state index >= 15 is 0 Å². The zero-order valence-electron chi connectivity index (χ0n) is 17.4. The summed E-state index contributed by atoms with van der Waals surface area (Å²) in [6.07, 6.45) is 1.42. The predicted molar refractivity (Wildman–Crippen MR) is 117 cm³/mol. The molecule has 1 heterocycles. The van der Waals surface area contributed by atoms with Gasteiger partial charge in [0.05, 0.1) is 10.6 Å². The number of halogens is 1. The van der Waals surface area contributed by atoms with Crippen molar-refractivity contribution in [3.63, 3.8) is 0 Å². The molecule has 0 saturated carbocycles. The number of nitrogens with one attached hydrogen (secondary N) is 2. The highest BCUT2D eigenvalue weighted by Gasteiger charge is 2.16. The third-order valence-corrected chi connectivity index (χ3v) is 6.36. The number of benzene rings is 2. The van der Waals surface area contributed by atoms with Gasteiger partial charge in [0.1, 0.15) is 5.82 Å². The van der Waals surface area contributed by atoms with Gasteiger partial charge >= 0.3 is 0 Å². The molecule has 0 aliphatic heterocycles. The van der Waals surface area contributed by atoms with Gasteiger partial charge in [0.2, 0.25) is 10.0 Å². The Labute approximate surface area is 181 Å². The lowest BCUT2D eigenvalue weighted by atomic mass is 10.1. The minimum absolute atomic E-state index is 0.129. The van der Waals surface area contributed by atoms with Gasteiger partial charge in [0, 0.05) is 37.0 Å². The van der Waals surface area contributed by atoms with Crippen LogP contribution in [0.4, 0.5) is 4.39 Å². The quantitative estimate of drug-likeness (QED) is 0.530. The number of hydrogen-bond donors (Lipinski definition) is 2. The van der Waals surface area contributed by atoms with Crippen molar-refractivity contribution in [2.75, 3.05) is 20.1 Å². The van der Waals surface area contributed by atoms with Gasteiger partial charge in [0.25, 0.3) is 5.91 Å². The minimum Gasteiger partial charge on any atom is -0.342 e. The zero-order valence-corrected chi connectivity index (χ0v) is 18.2. The van der Waals surface area contributed by atoms with E-state index < -0.39 is 10.0 Å². The number of sulfonamides is 1. The maximum absolute atomic E-state index is 13.1. The Bertz CT molecular complexity index is 1130. The first-order valence-electron chi connectivity index (χ1n) is 9.95. The fraction of sp³-hybridized carbons (Fsp3) is 0.273. The van der Waals surface area contributed by atoms with E-state index in [0.717, 1.165) is 23.4 Å². The van der Waals surface area contributed by atoms with E-state index in [1.807, 2.05) is 6.07 Å². The summed E-state index contributed by atoms with van der Waals surface area (Å²) in [5.41, 5.74) is 2.93. The van der Waals surface area contributed by atoms with Crippen molar-refractivity contribution in [2.45, 2.75) is 24.7 Å². The number of aryl methyl sites for hydroxylation is 1. The number of H-pyrrole nitrogens is 1. The summed E-state index contributed by atoms with van der Waals surface area (Å²) in [6, 6.07) is 14.0. The second-order valence-corrected chi connectivity index (χ2v) is 8.91. The number of aromatic nitrogens is 2. The van der Waals surface area contributed by atoms with Gasteiger partial charge in [-0.2, -0.15) is 5.10 Å². The van der Waals surface area contributed by atoms with E-state index in [4.69, 9.17) is 0 Å². The van der Waals surface area contributed by atoms with Gasteiger partial charge in [-0.25, -0.2) is 17.5 Å². The third-order valence-electron chi connectivity index (χ3n) is 4.80. The van der Waals surface area contributed by atoms with Crippen LogP contribution in [0.2, 0.25) is 0 Å². The Hall–Kier alpha value is -3.04. The first kappa shape index (κ1) is 22.6. The molecule has 3 aromatic rings. The Morgan fingerprint density at radius 2 is 1.81 bits per heavy atom. The van der Waals surface area contributed by atoms with Gasteiger partial charge in [-0.15, -0.1) is 0 Å². The first-order chi connectivity index (χ1) is 14.8. The van der Waals surface area contributed by atoms with Crippen LogP contribution in [-0.4, -0.2) is 49.6 Å². The molecule has 0 spiro atoms. The molecule has 0 bridgehead atoms. The van der Waals surface area contributed by atoms with Crippen LogP contribution in [0.1, 0.15) is 29.4 Å². The molecule has 0 unspecified atom stereocenters. The van der Waals surface area contributed by atoms with Crippen molar-refractivity contribution in [1.82, 2.24) is 19.8 Å². The standard InChI is InChI=1S/C22H25FN4O3S/c1-3-24-31(29,30)20-12-8-17(9-13-20)22(28)27(2)14-4-5-19-15-21(26-25-19)16-6-10-18(23)11-7-16/h6-13,15,24H,3-5,14H2,1-2H3,(H,25,26). The molecule has 1 amide bonds. The fourth-order valence-electron chi connectivity index (χ4n) is 3.14. The number of nitrogens with zero attached hydrogens (tertiary/aromatic N) is 2. The summed E-state index contributed by atoms with van der Waals surface area (Å²) in [6.45, 7) is 2.53. The van der Waals surface area contributed by atoms with Crippen LogP contribution in [0, 0.1) is 5.82 Å². The molecule has 0 atom stereocenters. The maximum Gasteiger partial charge on any atom is 0.253 e. The zero-order chi connectivity index (χ0) is 22.4. The van der Waals surface area contributed by atoms with Gasteiger partial charge in [-0.05, 0) is 67.4 Å². The number of hydrogen-bond acceptors (Lipinski definition) is 4. The summed E-state index contributed by atoms with van der Waals surface area (Å²) in [5, 5.41) is 7.23. The third kappa shape index (κ3) is 5.77. The van der Waals surface area contributed by atoms with E-state index in [2.05, 4.69) is 14.9 Å². The molecule has 31 heavy (non-hydrogen) atoms. The molecule has 2 aromatic carbocycles. The van der Waals surface area contributed by atoms with Gasteiger partial charge in [-0.3, -0.25) is 9.89 Å². The van der Waals surface area contributed by atoms with Gasteiger partial charge in [0.15, 0.2) is 0 Å². The lowest BCUT2D eigenvalue weighted by Crippen LogP contribution is -2.28. The SMILES string of the molecule is CCNS(=O)(=O)c1ccc(C(=O)N(C)CCCc2cc(-c3ccc(F)cc3)n[nH]2)cc1. The predicted octanol–water partition coefficient (Wildman–Crippen LogP) is 3.22. The molecule has 164 valence electrons. The Balaban J connectivity index is 1.53. The van der Waals surface area contributed by atoms with Crippen LogP contribution in [0.5, 0.6) is 0 Å². The maximum atomic E-state index is 13.1. The van der Waals surface area contributed by atoms with Crippen molar-refractivity contribution >= 4 is 15.9 Å². The van der Waals surface area contributed by atoms with Crippen LogP contribution in [0.15, 0.2) is 59.5 Å². The van der Waals surface area contributed by atoms with Crippen molar-refractivity contribution < 1.29 is 17.6 Å². The minimum atomic E-state index is -3.54. The van der Waals surface area contributed by atoms with Crippen LogP contribution in [0.25, 0.3) is 11.3 Å². The normalized spacial score (nSPS) is 11.5. The molecule has 9 heteroatoms. The highest BCUT2D eigenvalue weighted by molar-refractivity contribution is 7.89. The Kier molecular flexibility index (Phi) is 7.19. The summed E-state index contributed by atoms with van der Waals surface area (Å²) in [4.78, 5) is 14.3. The van der Waals surface area contributed by atoms with Gasteiger partial charge in [-0.1, -0.05) is 6.92 Å². The molecule has 0 radical (unpaired) electrons. The molecule has 0 aliphatic carbocycles. The molecule has 0 aliphatic rings. The molecular weight excluding hydrogens is 419 g/mol. The van der Waals surface area contributed by atoms with Crippen LogP contribution in [-0.2, 0) is 16.4 Å². The number of rotatable bonds is 9. The van der Waals surface area contributed by atoms with E-state index in [1.165, 1.54) is 36.4 Å². The molecule has 7 nitrogen and oxygen atoms in total. The highest BCUT2D eigenvalue weighted by Crippen LogP contribution is 2.19. The summed E-state index contributed by atoms with van der Waals surface area (Å²) in [5.74, 6) is -0.467. The molecule has 0 fully saturated rings. The largest absolute Gasteiger partial charge is 0.342 e. The van der Waals surface area contributed by atoms with Crippen molar-refractivity contribution in [1.29, 1.82) is 0 Å². The summed E-state index contributed by atoms with van der Waals surface area (Å²) >= 11 is 0. The van der Waals surface area contributed by atoms with E-state index in [0.29, 0.717) is 25.1 Å². The number of carbonyl (C=O) groups excluding carboxylic acids is 1. The fourth-order valence-corrected chi connectivity index (χ4v) is 4.18. The lowest BCUT2D eigenvalue weighted by molar-refractivity contribution is 0.0793.